The van der Waals surface area contributed by atoms with E-state index in [9.17, 15) is 9.59 Å². The van der Waals surface area contributed by atoms with Gasteiger partial charge < -0.3 is 9.80 Å². The van der Waals surface area contributed by atoms with Crippen molar-refractivity contribution in [3.05, 3.63) is 0 Å². The lowest BCUT2D eigenvalue weighted by Crippen LogP contribution is -2.38. The molecule has 0 aromatic carbocycles. The molecule has 1 heterocycles. The van der Waals surface area contributed by atoms with Gasteiger partial charge in [0.15, 0.2) is 9.62 Å². The van der Waals surface area contributed by atoms with E-state index in [1.165, 1.54) is 9.80 Å². The van der Waals surface area contributed by atoms with Gasteiger partial charge in [-0.05, 0) is 19.3 Å². The quantitative estimate of drug-likeness (QED) is 0.717. The summed E-state index contributed by atoms with van der Waals surface area (Å²) in [7, 11) is 0. The smallest absolute Gasteiger partial charge is 0.255 e. The first-order valence-electron chi connectivity index (χ1n) is 6.88. The maximum absolute atomic E-state index is 11.9. The van der Waals surface area contributed by atoms with Crippen molar-refractivity contribution in [3.8, 4) is 0 Å². The predicted molar refractivity (Wildman–Crippen MR) is 78.0 cm³/mol. The zero-order chi connectivity index (χ0) is 16.3. The average molecular weight is 352 g/mol. The van der Waals surface area contributed by atoms with Crippen LogP contribution in [0, 0.1) is 0 Å². The van der Waals surface area contributed by atoms with Crippen LogP contribution in [0.4, 0.5) is 0 Å². The summed E-state index contributed by atoms with van der Waals surface area (Å²) >= 11 is 22.0. The van der Waals surface area contributed by atoms with Gasteiger partial charge in [0.25, 0.3) is 11.8 Å². The van der Waals surface area contributed by atoms with Crippen molar-refractivity contribution in [1.29, 1.82) is 0 Å². The van der Waals surface area contributed by atoms with Gasteiger partial charge in [0, 0.05) is 26.2 Å². The molecule has 1 aliphatic rings. The van der Waals surface area contributed by atoms with E-state index in [2.05, 4.69) is 0 Å². The second-order valence-electron chi connectivity index (χ2n) is 4.17. The van der Waals surface area contributed by atoms with Gasteiger partial charge >= 0.3 is 0 Å². The molecule has 2 amide bonds. The molecule has 0 aromatic rings. The highest BCUT2D eigenvalue weighted by atomic mass is 35.5. The van der Waals surface area contributed by atoms with Crippen LogP contribution in [-0.2, 0) is 9.59 Å². The van der Waals surface area contributed by atoms with Crippen LogP contribution in [-0.4, -0.2) is 57.4 Å². The lowest BCUT2D eigenvalue weighted by atomic mass is 10.3. The van der Waals surface area contributed by atoms with E-state index in [4.69, 9.17) is 49.1 Å². The number of amides is 2. The van der Waals surface area contributed by atoms with Crippen molar-refractivity contribution >= 4 is 58.2 Å². The van der Waals surface area contributed by atoms with Crippen molar-refractivity contribution in [2.24, 2.45) is 0 Å². The van der Waals surface area contributed by atoms with Crippen molar-refractivity contribution in [3.63, 3.8) is 0 Å². The fourth-order valence-corrected chi connectivity index (χ4v) is 2.40. The summed E-state index contributed by atoms with van der Waals surface area (Å²) < 4.78 is 14.7. The third kappa shape index (κ3) is 5.54. The zero-order valence-electron chi connectivity index (χ0n) is 12.2. The molecule has 0 saturated carbocycles. The Morgan fingerprint density at radius 2 is 1.11 bits per heavy atom. The molecule has 4 nitrogen and oxygen atoms in total. The molecule has 19 heavy (non-hydrogen) atoms. The predicted octanol–water partition coefficient (Wildman–Crippen LogP) is 2.43. The fourth-order valence-electron chi connectivity index (χ4n) is 1.93. The Labute approximate surface area is 135 Å². The standard InChI is InChI=1S/C11H16Cl4N2O2/c12-8(13)10(18)16-4-1-2-5-17(7-3-6-16)11(19)9(14)15/h8-9H,1-7H2/i8D,9D. The van der Waals surface area contributed by atoms with Gasteiger partial charge in [0.05, 0.1) is 2.74 Å². The van der Waals surface area contributed by atoms with Crippen LogP contribution in [0.5, 0.6) is 0 Å². The minimum atomic E-state index is -2.20. The molecule has 0 atom stereocenters. The third-order valence-electron chi connectivity index (χ3n) is 2.86. The van der Waals surface area contributed by atoms with Crippen LogP contribution in [0.2, 0.25) is 0 Å². The second kappa shape index (κ2) is 8.40. The molecule has 0 aliphatic carbocycles. The van der Waals surface area contributed by atoms with E-state index in [1.807, 2.05) is 0 Å². The van der Waals surface area contributed by atoms with E-state index in [0.29, 0.717) is 45.4 Å². The molecule has 1 rings (SSSR count). The Hall–Kier alpha value is 0.1000. The summed E-state index contributed by atoms with van der Waals surface area (Å²) in [5, 5.41) is 0. The lowest BCUT2D eigenvalue weighted by Gasteiger charge is -2.23. The number of halogens is 4. The lowest BCUT2D eigenvalue weighted by molar-refractivity contribution is -0.129. The van der Waals surface area contributed by atoms with Gasteiger partial charge in [0.1, 0.15) is 0 Å². The topological polar surface area (TPSA) is 40.6 Å². The summed E-state index contributed by atoms with van der Waals surface area (Å²) in [6, 6.07) is 0. The molecule has 0 unspecified atom stereocenters. The Kier molecular flexibility index (Phi) is 6.21. The molecule has 0 aromatic heterocycles. The molecule has 0 N–H and O–H groups in total. The minimum absolute atomic E-state index is 0.318. The number of carbonyl (C=O) groups excluding carboxylic acids is 2. The largest absolute Gasteiger partial charge is 0.340 e. The molecule has 0 bridgehead atoms. The van der Waals surface area contributed by atoms with Gasteiger partial charge in [-0.2, -0.15) is 0 Å². The number of alkyl halides is 4. The Morgan fingerprint density at radius 3 is 1.42 bits per heavy atom. The molecule has 8 heteroatoms. The van der Waals surface area contributed by atoms with Crippen molar-refractivity contribution in [1.82, 2.24) is 9.80 Å². The highest BCUT2D eigenvalue weighted by Crippen LogP contribution is 2.14. The van der Waals surface area contributed by atoms with Gasteiger partial charge in [-0.3, -0.25) is 9.59 Å². The third-order valence-corrected chi connectivity index (χ3v) is 3.51. The first-order chi connectivity index (χ1) is 9.53. The number of carbonyl (C=O) groups is 2. The molecule has 1 fully saturated rings. The normalized spacial score (nSPS) is 20.8. The highest BCUT2D eigenvalue weighted by molar-refractivity contribution is 6.53. The number of hydrogen-bond donors (Lipinski definition) is 0. The van der Waals surface area contributed by atoms with Gasteiger partial charge in [-0.1, -0.05) is 46.4 Å². The van der Waals surface area contributed by atoms with Crippen LogP contribution in [0.15, 0.2) is 0 Å². The first-order valence-corrected chi connectivity index (χ1v) is 7.39. The van der Waals surface area contributed by atoms with Crippen LogP contribution in [0.3, 0.4) is 0 Å². The molecule has 110 valence electrons. The summed E-state index contributed by atoms with van der Waals surface area (Å²) in [4.78, 5) is 22.2. The SMILES string of the molecule is [2H]C(Cl)(Cl)C(=O)N1CCCCN(C(=O)C([2H])(Cl)Cl)CCC1. The molecule has 1 aliphatic heterocycles. The summed E-state index contributed by atoms with van der Waals surface area (Å²) in [5.74, 6) is -1.34. The van der Waals surface area contributed by atoms with E-state index in [1.54, 1.807) is 0 Å². The monoisotopic (exact) mass is 350 g/mol. The maximum atomic E-state index is 11.9. The van der Waals surface area contributed by atoms with Gasteiger partial charge in [-0.25, -0.2) is 0 Å². The Morgan fingerprint density at radius 1 is 0.789 bits per heavy atom. The Balaban J connectivity index is 2.67. The number of rotatable bonds is 2. The van der Waals surface area contributed by atoms with Gasteiger partial charge in [0.2, 0.25) is 0 Å². The van der Waals surface area contributed by atoms with Crippen LogP contribution in [0.25, 0.3) is 0 Å². The summed E-state index contributed by atoms with van der Waals surface area (Å²) in [6.45, 7) is 1.46. The second-order valence-corrected chi connectivity index (χ2v) is 6.06. The minimum Gasteiger partial charge on any atom is -0.340 e. The van der Waals surface area contributed by atoms with E-state index in [0.717, 1.165) is 0 Å². The molecule has 1 saturated heterocycles. The first kappa shape index (κ1) is 14.1. The van der Waals surface area contributed by atoms with Crippen molar-refractivity contribution in [2.45, 2.75) is 28.9 Å². The number of hydrogen-bond acceptors (Lipinski definition) is 2. The van der Waals surface area contributed by atoms with E-state index in [-0.39, 0.29) is 0 Å². The summed E-state index contributed by atoms with van der Waals surface area (Å²) in [6.07, 6.45) is 1.70. The van der Waals surface area contributed by atoms with Crippen LogP contribution >= 0.6 is 46.4 Å². The van der Waals surface area contributed by atoms with Crippen molar-refractivity contribution in [2.75, 3.05) is 26.2 Å². The maximum Gasteiger partial charge on any atom is 0.255 e. The molecular formula is C11H16Cl4N2O2. The molecule has 0 radical (unpaired) electrons. The van der Waals surface area contributed by atoms with Crippen LogP contribution < -0.4 is 0 Å². The molecular weight excluding hydrogens is 334 g/mol. The number of nitrogens with zero attached hydrogens (tertiary/aromatic N) is 2. The van der Waals surface area contributed by atoms with Gasteiger partial charge in [-0.15, -0.1) is 0 Å². The average Bonchev–Trinajstić information content (AvgIpc) is 2.46. The highest BCUT2D eigenvalue weighted by Gasteiger charge is 2.24. The fraction of sp³-hybridized carbons (Fsp3) is 0.818. The van der Waals surface area contributed by atoms with Crippen molar-refractivity contribution < 1.29 is 12.3 Å². The van der Waals surface area contributed by atoms with E-state index < -0.39 is 21.4 Å². The molecule has 0 spiro atoms. The van der Waals surface area contributed by atoms with Crippen LogP contribution in [0.1, 0.15) is 22.0 Å². The summed E-state index contributed by atoms with van der Waals surface area (Å²) in [5.41, 5.74) is 0. The van der Waals surface area contributed by atoms with E-state index >= 15 is 0 Å². The Bertz CT molecular complexity index is 363. The zero-order valence-corrected chi connectivity index (χ0v) is 13.2.